The fourth-order valence-electron chi connectivity index (χ4n) is 2.95. The summed E-state index contributed by atoms with van der Waals surface area (Å²) in [6, 6.07) is 4.57. The highest BCUT2D eigenvalue weighted by molar-refractivity contribution is 5.18. The maximum absolute atomic E-state index is 6.01. The van der Waals surface area contributed by atoms with Crippen LogP contribution < -0.4 is 5.73 Å². The van der Waals surface area contributed by atoms with Gasteiger partial charge in [-0.05, 0) is 42.9 Å². The second kappa shape index (κ2) is 5.59. The number of pyridine rings is 1. The lowest BCUT2D eigenvalue weighted by molar-refractivity contribution is 0.197. The number of nitrogens with two attached hydrogens (primary N) is 1. The third-order valence-corrected chi connectivity index (χ3v) is 4.43. The number of likely N-dealkylation sites (tertiary alicyclic amines) is 1. The Bertz CT molecular complexity index is 405. The van der Waals surface area contributed by atoms with E-state index >= 15 is 0 Å². The van der Waals surface area contributed by atoms with E-state index in [-0.39, 0.29) is 0 Å². The molecule has 1 aliphatic heterocycles. The van der Waals surface area contributed by atoms with Crippen LogP contribution in [0.5, 0.6) is 0 Å². The monoisotopic (exact) mass is 261 g/mol. The van der Waals surface area contributed by atoms with E-state index in [0.29, 0.717) is 18.0 Å². The molecule has 2 atom stereocenters. The van der Waals surface area contributed by atoms with Crippen LogP contribution in [0.25, 0.3) is 0 Å². The molecule has 1 saturated heterocycles. The van der Waals surface area contributed by atoms with E-state index in [0.717, 1.165) is 24.7 Å². The van der Waals surface area contributed by atoms with Crippen LogP contribution in [-0.4, -0.2) is 29.5 Å². The smallest absolute Gasteiger partial charge is 0.0485 e. The largest absolute Gasteiger partial charge is 0.329 e. The summed E-state index contributed by atoms with van der Waals surface area (Å²) in [7, 11) is 0. The summed E-state index contributed by atoms with van der Waals surface area (Å²) in [5.74, 6) is 0.764. The lowest BCUT2D eigenvalue weighted by atomic mass is 9.80. The van der Waals surface area contributed by atoms with E-state index < -0.39 is 0 Å². The zero-order chi connectivity index (χ0) is 14.0. The Morgan fingerprint density at radius 1 is 1.42 bits per heavy atom. The van der Waals surface area contributed by atoms with Crippen molar-refractivity contribution in [3.05, 3.63) is 29.6 Å². The Kier molecular flexibility index (Phi) is 4.26. The minimum atomic E-state index is 0.320. The van der Waals surface area contributed by atoms with Crippen LogP contribution in [0, 0.1) is 18.3 Å². The number of aryl methyl sites for hydroxylation is 1. The van der Waals surface area contributed by atoms with E-state index in [9.17, 15) is 0 Å². The maximum atomic E-state index is 6.01. The first-order valence-corrected chi connectivity index (χ1v) is 7.28. The average molecular weight is 261 g/mol. The molecule has 2 N–H and O–H groups in total. The van der Waals surface area contributed by atoms with Crippen LogP contribution in [0.3, 0.4) is 0 Å². The molecule has 0 aliphatic carbocycles. The Morgan fingerprint density at radius 2 is 2.16 bits per heavy atom. The quantitative estimate of drug-likeness (QED) is 0.909. The molecule has 19 heavy (non-hydrogen) atoms. The van der Waals surface area contributed by atoms with Crippen LogP contribution in [0.2, 0.25) is 0 Å². The van der Waals surface area contributed by atoms with Crippen LogP contribution >= 0.6 is 0 Å². The first kappa shape index (κ1) is 14.5. The molecule has 2 unspecified atom stereocenters. The number of nitrogens with zero attached hydrogens (tertiary/aromatic N) is 2. The van der Waals surface area contributed by atoms with Gasteiger partial charge in [0.25, 0.3) is 0 Å². The molecule has 1 fully saturated rings. The highest BCUT2D eigenvalue weighted by Crippen LogP contribution is 2.36. The number of hydrogen-bond acceptors (Lipinski definition) is 3. The Labute approximate surface area is 117 Å². The fraction of sp³-hybridized carbons (Fsp3) is 0.688. The molecule has 0 aromatic carbocycles. The van der Waals surface area contributed by atoms with E-state index in [4.69, 9.17) is 5.73 Å². The first-order valence-electron chi connectivity index (χ1n) is 7.28. The number of hydrogen-bond donors (Lipinski definition) is 1. The van der Waals surface area contributed by atoms with E-state index in [2.05, 4.69) is 42.8 Å². The fourth-order valence-corrected chi connectivity index (χ4v) is 2.95. The molecule has 0 spiro atoms. The molecular weight excluding hydrogens is 234 g/mol. The van der Waals surface area contributed by atoms with Gasteiger partial charge in [-0.25, -0.2) is 0 Å². The van der Waals surface area contributed by atoms with Gasteiger partial charge in [-0.1, -0.05) is 26.8 Å². The highest BCUT2D eigenvalue weighted by Gasteiger charge is 2.34. The van der Waals surface area contributed by atoms with E-state index in [1.807, 2.05) is 13.1 Å². The Morgan fingerprint density at radius 3 is 2.63 bits per heavy atom. The third-order valence-electron chi connectivity index (χ3n) is 4.43. The molecule has 0 saturated carbocycles. The number of rotatable bonds is 3. The molecule has 106 valence electrons. The minimum absolute atomic E-state index is 0.320. The normalized spacial score (nSPS) is 22.7. The molecule has 1 aromatic rings. The van der Waals surface area contributed by atoms with Crippen LogP contribution in [-0.2, 0) is 0 Å². The van der Waals surface area contributed by atoms with E-state index in [1.165, 1.54) is 12.0 Å². The number of aromatic nitrogens is 1. The molecule has 3 heteroatoms. The van der Waals surface area contributed by atoms with Gasteiger partial charge in [-0.3, -0.25) is 9.88 Å². The lowest BCUT2D eigenvalue weighted by Crippen LogP contribution is -2.33. The van der Waals surface area contributed by atoms with E-state index in [1.54, 1.807) is 0 Å². The topological polar surface area (TPSA) is 42.1 Å². The lowest BCUT2D eigenvalue weighted by Gasteiger charge is -2.30. The molecule has 1 aliphatic rings. The molecular formula is C16H27N3. The van der Waals surface area contributed by atoms with Gasteiger partial charge in [0.15, 0.2) is 0 Å². The summed E-state index contributed by atoms with van der Waals surface area (Å²) in [4.78, 5) is 6.93. The van der Waals surface area contributed by atoms with Gasteiger partial charge >= 0.3 is 0 Å². The Hall–Kier alpha value is -0.930. The summed E-state index contributed by atoms with van der Waals surface area (Å²) < 4.78 is 0. The third kappa shape index (κ3) is 3.34. The second-order valence-electron chi connectivity index (χ2n) is 6.83. The molecule has 1 aromatic heterocycles. The summed E-state index contributed by atoms with van der Waals surface area (Å²) in [5.41, 5.74) is 8.71. The minimum Gasteiger partial charge on any atom is -0.329 e. The van der Waals surface area contributed by atoms with Crippen molar-refractivity contribution in [2.45, 2.75) is 40.2 Å². The van der Waals surface area contributed by atoms with Crippen molar-refractivity contribution < 1.29 is 0 Å². The summed E-state index contributed by atoms with van der Waals surface area (Å²) in [6.07, 6.45) is 3.26. The second-order valence-corrected chi connectivity index (χ2v) is 6.83. The van der Waals surface area contributed by atoms with Gasteiger partial charge in [0.1, 0.15) is 0 Å². The van der Waals surface area contributed by atoms with Gasteiger partial charge in [0, 0.05) is 31.0 Å². The summed E-state index contributed by atoms with van der Waals surface area (Å²) >= 11 is 0. The van der Waals surface area contributed by atoms with Gasteiger partial charge in [-0.2, -0.15) is 0 Å². The highest BCUT2D eigenvalue weighted by atomic mass is 15.2. The van der Waals surface area contributed by atoms with Gasteiger partial charge in [0.2, 0.25) is 0 Å². The standard InChI is InChI=1S/C16H27N3/c1-12-5-6-13(10-18-12)15(9-17)19-8-7-14(11-19)16(2,3)4/h5-6,10,14-15H,7-9,11,17H2,1-4H3. The van der Waals surface area contributed by atoms with Crippen molar-refractivity contribution in [2.75, 3.05) is 19.6 Å². The Balaban J connectivity index is 2.09. The maximum Gasteiger partial charge on any atom is 0.0485 e. The van der Waals surface area contributed by atoms with Gasteiger partial charge in [0.05, 0.1) is 0 Å². The molecule has 0 bridgehead atoms. The average Bonchev–Trinajstić information content (AvgIpc) is 2.82. The molecule has 0 amide bonds. The van der Waals surface area contributed by atoms with Gasteiger partial charge in [-0.15, -0.1) is 0 Å². The SMILES string of the molecule is Cc1ccc(C(CN)N2CCC(C(C)(C)C)C2)cn1. The molecule has 2 rings (SSSR count). The molecule has 2 heterocycles. The zero-order valence-corrected chi connectivity index (χ0v) is 12.7. The van der Waals surface area contributed by atoms with Crippen molar-refractivity contribution in [1.29, 1.82) is 0 Å². The van der Waals surface area contributed by atoms with Crippen molar-refractivity contribution in [2.24, 2.45) is 17.1 Å². The molecule has 0 radical (unpaired) electrons. The first-order chi connectivity index (χ1) is 8.91. The predicted molar refractivity (Wildman–Crippen MR) is 79.9 cm³/mol. The van der Waals surface area contributed by atoms with Crippen LogP contribution in [0.4, 0.5) is 0 Å². The summed E-state index contributed by atoms with van der Waals surface area (Å²) in [6.45, 7) is 12.0. The van der Waals surface area contributed by atoms with Crippen LogP contribution in [0.1, 0.15) is 44.5 Å². The molecule has 3 nitrogen and oxygen atoms in total. The van der Waals surface area contributed by atoms with Crippen molar-refractivity contribution in [3.8, 4) is 0 Å². The van der Waals surface area contributed by atoms with Crippen molar-refractivity contribution in [3.63, 3.8) is 0 Å². The van der Waals surface area contributed by atoms with Crippen molar-refractivity contribution in [1.82, 2.24) is 9.88 Å². The predicted octanol–water partition coefficient (Wildman–Crippen LogP) is 2.76. The summed E-state index contributed by atoms with van der Waals surface area (Å²) in [5, 5.41) is 0. The zero-order valence-electron chi connectivity index (χ0n) is 12.7. The van der Waals surface area contributed by atoms with Gasteiger partial charge < -0.3 is 5.73 Å². The van der Waals surface area contributed by atoms with Crippen LogP contribution in [0.15, 0.2) is 18.3 Å². The van der Waals surface area contributed by atoms with Crippen molar-refractivity contribution >= 4 is 0 Å².